The van der Waals surface area contributed by atoms with Crippen LogP contribution in [0.25, 0.3) is 10.8 Å². The van der Waals surface area contributed by atoms with Crippen LogP contribution in [0.5, 0.6) is 11.5 Å². The molecule has 0 saturated heterocycles. The number of halogens is 1. The van der Waals surface area contributed by atoms with E-state index in [1.165, 1.54) is 19.2 Å². The molecule has 1 unspecified atom stereocenters. The Morgan fingerprint density at radius 3 is 2.59 bits per heavy atom. The van der Waals surface area contributed by atoms with Crippen molar-refractivity contribution in [3.63, 3.8) is 0 Å². The molecule has 2 N–H and O–H groups in total. The van der Waals surface area contributed by atoms with E-state index in [2.05, 4.69) is 4.72 Å². The molecule has 0 aliphatic carbocycles. The third-order valence-corrected chi connectivity index (χ3v) is 5.53. The number of carboxylic acid groups (broad SMARTS) is 1. The maximum absolute atomic E-state index is 15.7. The number of nitrogens with one attached hydrogen (secondary N) is 1. The zero-order valence-corrected chi connectivity index (χ0v) is 17.9. The smallest absolute Gasteiger partial charge is 0.341 e. The van der Waals surface area contributed by atoms with Crippen molar-refractivity contribution >= 4 is 39.9 Å². The normalized spacial score (nSPS) is 11.7. The van der Waals surface area contributed by atoms with Gasteiger partial charge >= 0.3 is 5.97 Å². The Bertz CT molecular complexity index is 1140. The number of carbonyl (C=O) groups excluding carboxylic acids is 1. The van der Waals surface area contributed by atoms with Crippen molar-refractivity contribution in [2.24, 2.45) is 0 Å². The Labute approximate surface area is 186 Å². The lowest BCUT2D eigenvalue weighted by Gasteiger charge is -2.24. The van der Waals surface area contributed by atoms with Crippen LogP contribution in [0, 0.1) is 5.82 Å². The van der Waals surface area contributed by atoms with E-state index >= 15 is 4.39 Å². The highest BCUT2D eigenvalue weighted by atomic mass is 32.2. The van der Waals surface area contributed by atoms with Gasteiger partial charge in [-0.1, -0.05) is 36.4 Å². The second kappa shape index (κ2) is 10.7. The summed E-state index contributed by atoms with van der Waals surface area (Å²) < 4.78 is 42.8. The summed E-state index contributed by atoms with van der Waals surface area (Å²) in [5, 5.41) is 9.35. The molecular formula is C22H21FN2O6S. The van der Waals surface area contributed by atoms with Crippen LogP contribution in [0.3, 0.4) is 0 Å². The number of ether oxygens (including phenoxy) is 2. The Hall–Kier alpha value is -3.50. The number of carboxylic acids is 1. The van der Waals surface area contributed by atoms with Crippen molar-refractivity contribution in [2.75, 3.05) is 24.5 Å². The second-order valence-electron chi connectivity index (χ2n) is 6.56. The van der Waals surface area contributed by atoms with Gasteiger partial charge in [-0.3, -0.25) is 4.31 Å². The summed E-state index contributed by atoms with van der Waals surface area (Å²) in [6, 6.07) is 15.2. The number of anilines is 1. The van der Waals surface area contributed by atoms with Gasteiger partial charge in [0.2, 0.25) is 0 Å². The van der Waals surface area contributed by atoms with Crippen molar-refractivity contribution in [3.8, 4) is 11.5 Å². The zero-order valence-electron chi connectivity index (χ0n) is 17.1. The molecule has 0 aliphatic rings. The minimum atomic E-state index is -1.92. The first-order valence-corrected chi connectivity index (χ1v) is 10.6. The average Bonchev–Trinajstić information content (AvgIpc) is 2.80. The maximum atomic E-state index is 15.7. The minimum absolute atomic E-state index is 0.0963. The summed E-state index contributed by atoms with van der Waals surface area (Å²) in [6.45, 7) is -0.814. The van der Waals surface area contributed by atoms with E-state index in [0.29, 0.717) is 11.7 Å². The van der Waals surface area contributed by atoms with Crippen LogP contribution in [0.1, 0.15) is 5.56 Å². The number of benzene rings is 3. The zero-order chi connectivity index (χ0) is 23.1. The van der Waals surface area contributed by atoms with Crippen LogP contribution < -0.4 is 18.5 Å². The summed E-state index contributed by atoms with van der Waals surface area (Å²) in [7, 11) is 1.41. The molecule has 3 aromatic rings. The Kier molecular flexibility index (Phi) is 7.74. The lowest BCUT2D eigenvalue weighted by molar-refractivity contribution is -0.139. The molecule has 168 valence electrons. The molecule has 0 amide bonds. The van der Waals surface area contributed by atoms with E-state index in [-0.39, 0.29) is 35.7 Å². The molecule has 3 rings (SSSR count). The number of rotatable bonds is 11. The fourth-order valence-electron chi connectivity index (χ4n) is 3.03. The van der Waals surface area contributed by atoms with Crippen LogP contribution >= 0.6 is 0 Å². The fraction of sp³-hybridized carbons (Fsp3) is 0.182. The van der Waals surface area contributed by atoms with Gasteiger partial charge < -0.3 is 19.4 Å². The van der Waals surface area contributed by atoms with E-state index in [1.807, 2.05) is 30.3 Å². The number of hydrogen-bond donors (Lipinski definition) is 2. The summed E-state index contributed by atoms with van der Waals surface area (Å²) >= 11 is -1.92. The molecule has 32 heavy (non-hydrogen) atoms. The first kappa shape index (κ1) is 23.2. The average molecular weight is 460 g/mol. The highest BCUT2D eigenvalue weighted by Crippen LogP contribution is 2.39. The minimum Gasteiger partial charge on any atom is -0.487 e. The highest BCUT2D eigenvalue weighted by molar-refractivity contribution is 7.84. The predicted octanol–water partition coefficient (Wildman–Crippen LogP) is 2.82. The summed E-state index contributed by atoms with van der Waals surface area (Å²) in [5.41, 5.74) is 0.677. The molecule has 0 radical (unpaired) electrons. The maximum Gasteiger partial charge on any atom is 0.341 e. The number of carbonyl (C=O) groups is 2. The third kappa shape index (κ3) is 5.40. The van der Waals surface area contributed by atoms with Crippen molar-refractivity contribution in [3.05, 3.63) is 66.0 Å². The van der Waals surface area contributed by atoms with Crippen molar-refractivity contribution in [2.45, 2.75) is 6.61 Å². The van der Waals surface area contributed by atoms with Crippen LogP contribution in [-0.2, 0) is 27.4 Å². The van der Waals surface area contributed by atoms with E-state index in [4.69, 9.17) is 14.6 Å². The molecule has 0 spiro atoms. The van der Waals surface area contributed by atoms with Crippen LogP contribution in [-0.4, -0.2) is 41.8 Å². The predicted molar refractivity (Wildman–Crippen MR) is 118 cm³/mol. The molecule has 0 aromatic heterocycles. The monoisotopic (exact) mass is 460 g/mol. The quantitative estimate of drug-likeness (QED) is 0.427. The Morgan fingerprint density at radius 2 is 1.94 bits per heavy atom. The van der Waals surface area contributed by atoms with Gasteiger partial charge in [-0.05, 0) is 36.2 Å². The van der Waals surface area contributed by atoms with Crippen LogP contribution in [0.15, 0.2) is 54.6 Å². The van der Waals surface area contributed by atoms with E-state index in [9.17, 15) is 13.8 Å². The fourth-order valence-corrected chi connectivity index (χ4v) is 3.78. The number of aliphatic carboxylic acids is 1. The molecule has 0 aliphatic heterocycles. The summed E-state index contributed by atoms with van der Waals surface area (Å²) in [4.78, 5) is 22.0. The molecule has 3 aromatic carbocycles. The summed E-state index contributed by atoms with van der Waals surface area (Å²) in [5.74, 6) is -1.70. The Balaban J connectivity index is 2.11. The molecule has 1 atom stereocenters. The SMILES string of the molecule is CNS(=O)N(CC=O)c1c(OCc2ccccc2)cc2ccc(OCC(=O)O)cc2c1F. The van der Waals surface area contributed by atoms with Gasteiger partial charge in [-0.15, -0.1) is 0 Å². The molecule has 0 heterocycles. The van der Waals surface area contributed by atoms with Crippen molar-refractivity contribution in [1.82, 2.24) is 4.72 Å². The lowest BCUT2D eigenvalue weighted by atomic mass is 10.1. The Morgan fingerprint density at radius 1 is 1.19 bits per heavy atom. The second-order valence-corrected chi connectivity index (χ2v) is 7.91. The number of fused-ring (bicyclic) bond motifs is 1. The molecule has 10 heteroatoms. The first-order chi connectivity index (χ1) is 15.4. The van der Waals surface area contributed by atoms with Gasteiger partial charge in [0, 0.05) is 5.39 Å². The van der Waals surface area contributed by atoms with Gasteiger partial charge in [0.15, 0.2) is 23.6 Å². The topological polar surface area (TPSA) is 105 Å². The molecule has 0 fully saturated rings. The molecule has 0 bridgehead atoms. The summed E-state index contributed by atoms with van der Waals surface area (Å²) in [6.07, 6.45) is 0.506. The first-order valence-electron chi connectivity index (χ1n) is 9.52. The van der Waals surface area contributed by atoms with Crippen molar-refractivity contribution in [1.29, 1.82) is 0 Å². The van der Waals surface area contributed by atoms with Gasteiger partial charge in [-0.25, -0.2) is 18.1 Å². The van der Waals surface area contributed by atoms with Gasteiger partial charge in [0.05, 0.1) is 6.54 Å². The number of aldehydes is 1. The van der Waals surface area contributed by atoms with E-state index in [0.717, 1.165) is 9.87 Å². The molecule has 0 saturated carbocycles. The van der Waals surface area contributed by atoms with Gasteiger partial charge in [0.25, 0.3) is 0 Å². The third-order valence-electron chi connectivity index (χ3n) is 4.45. The highest BCUT2D eigenvalue weighted by Gasteiger charge is 2.25. The largest absolute Gasteiger partial charge is 0.487 e. The van der Waals surface area contributed by atoms with E-state index < -0.39 is 29.6 Å². The number of hydrogen-bond acceptors (Lipinski definition) is 5. The molecule has 8 nitrogen and oxygen atoms in total. The lowest BCUT2D eigenvalue weighted by Crippen LogP contribution is -2.35. The van der Waals surface area contributed by atoms with Crippen LogP contribution in [0.2, 0.25) is 0 Å². The standard InChI is InChI=1S/C22H21FN2O6S/c1-24-32(29)25(9-10-26)22-19(31-13-15-5-3-2-4-6-15)11-16-7-8-17(30-14-20(27)28)12-18(16)21(22)23/h2-8,10-12,24H,9,13-14H2,1H3,(H,27,28). The van der Waals surface area contributed by atoms with Gasteiger partial charge in [-0.2, -0.15) is 0 Å². The van der Waals surface area contributed by atoms with E-state index in [1.54, 1.807) is 12.1 Å². The number of nitrogens with zero attached hydrogens (tertiary/aromatic N) is 1. The van der Waals surface area contributed by atoms with Gasteiger partial charge in [0.1, 0.15) is 30.1 Å². The van der Waals surface area contributed by atoms with Crippen LogP contribution in [0.4, 0.5) is 10.1 Å². The van der Waals surface area contributed by atoms with Crippen molar-refractivity contribution < 1.29 is 32.8 Å². The molecular weight excluding hydrogens is 439 g/mol.